The Balaban J connectivity index is 1.31. The minimum Gasteiger partial charge on any atom is -0.438 e. The molecule has 0 bridgehead atoms. The summed E-state index contributed by atoms with van der Waals surface area (Å²) in [6.07, 6.45) is 3.71. The highest BCUT2D eigenvalue weighted by Gasteiger charge is 2.22. The van der Waals surface area contributed by atoms with E-state index in [4.69, 9.17) is 13.8 Å². The lowest BCUT2D eigenvalue weighted by molar-refractivity contribution is 0.653. The van der Waals surface area contributed by atoms with E-state index in [1.807, 2.05) is 48.8 Å². The molecule has 210 valence electrons. The Hall–Kier alpha value is -6.20. The van der Waals surface area contributed by atoms with Gasteiger partial charge in [0.1, 0.15) is 11.2 Å². The standard InChI is InChI=1S/C40H23N3O2/c1-2-8-29-24(7-1)13-15-26-16-14-25-17-18-27(21-32(25)37(26)29)43(28-22-33-30-9-3-5-11-35(30)44-39(33)42-23-28)34-19-20-41-40-38(34)31-10-4-6-12-36(31)45-40/h1-23H. The molecule has 4 heterocycles. The molecule has 0 aliphatic carbocycles. The first-order valence-corrected chi connectivity index (χ1v) is 15.0. The third kappa shape index (κ3) is 3.55. The predicted molar refractivity (Wildman–Crippen MR) is 184 cm³/mol. The average molecular weight is 578 g/mol. The Morgan fingerprint density at radius 3 is 1.96 bits per heavy atom. The summed E-state index contributed by atoms with van der Waals surface area (Å²) < 4.78 is 12.3. The van der Waals surface area contributed by atoms with Crippen molar-refractivity contribution in [1.29, 1.82) is 0 Å². The average Bonchev–Trinajstić information content (AvgIpc) is 3.67. The number of aromatic nitrogens is 2. The molecule has 0 spiro atoms. The summed E-state index contributed by atoms with van der Waals surface area (Å²) in [4.78, 5) is 11.7. The highest BCUT2D eigenvalue weighted by Crippen LogP contribution is 2.44. The molecule has 0 aliphatic heterocycles. The van der Waals surface area contributed by atoms with Gasteiger partial charge in [0.05, 0.1) is 28.3 Å². The zero-order valence-electron chi connectivity index (χ0n) is 23.9. The molecule has 5 nitrogen and oxygen atoms in total. The molecule has 0 N–H and O–H groups in total. The van der Waals surface area contributed by atoms with E-state index in [9.17, 15) is 0 Å². The van der Waals surface area contributed by atoms with E-state index in [2.05, 4.69) is 101 Å². The number of hydrogen-bond acceptors (Lipinski definition) is 5. The van der Waals surface area contributed by atoms with Crippen molar-refractivity contribution in [2.24, 2.45) is 0 Å². The van der Waals surface area contributed by atoms with Crippen LogP contribution in [-0.4, -0.2) is 9.97 Å². The molecule has 5 heteroatoms. The fourth-order valence-electron chi connectivity index (χ4n) is 6.92. The molecule has 0 saturated carbocycles. The quantitative estimate of drug-likeness (QED) is 0.196. The van der Waals surface area contributed by atoms with Crippen molar-refractivity contribution in [3.63, 3.8) is 0 Å². The van der Waals surface area contributed by atoms with Crippen molar-refractivity contribution >= 4 is 93.5 Å². The van der Waals surface area contributed by atoms with Gasteiger partial charge in [-0.1, -0.05) is 91.0 Å². The van der Waals surface area contributed by atoms with Crippen LogP contribution in [0, 0.1) is 0 Å². The van der Waals surface area contributed by atoms with Crippen LogP contribution in [0.4, 0.5) is 17.1 Å². The van der Waals surface area contributed by atoms with E-state index < -0.39 is 0 Å². The van der Waals surface area contributed by atoms with Gasteiger partial charge < -0.3 is 13.7 Å². The molecule has 10 aromatic rings. The van der Waals surface area contributed by atoms with Gasteiger partial charge in [-0.2, -0.15) is 0 Å². The van der Waals surface area contributed by atoms with Crippen LogP contribution >= 0.6 is 0 Å². The van der Waals surface area contributed by atoms with Gasteiger partial charge in [-0.15, -0.1) is 0 Å². The molecule has 0 unspecified atom stereocenters. The number of fused-ring (bicyclic) bond motifs is 11. The van der Waals surface area contributed by atoms with E-state index in [0.29, 0.717) is 11.4 Å². The second-order valence-corrected chi connectivity index (χ2v) is 11.4. The van der Waals surface area contributed by atoms with Crippen molar-refractivity contribution in [3.8, 4) is 0 Å². The van der Waals surface area contributed by atoms with Gasteiger partial charge in [-0.3, -0.25) is 0 Å². The SMILES string of the molecule is c1ccc2c(c1)ccc1ccc3ccc(N(c4cnc5oc6ccccc6c5c4)c4ccnc5oc6ccccc6c45)cc3c12. The Bertz CT molecular complexity index is 2790. The lowest BCUT2D eigenvalue weighted by Gasteiger charge is -2.26. The molecule has 0 aliphatic rings. The third-order valence-corrected chi connectivity index (χ3v) is 8.95. The number of rotatable bonds is 3. The fourth-order valence-corrected chi connectivity index (χ4v) is 6.92. The van der Waals surface area contributed by atoms with E-state index in [-0.39, 0.29) is 0 Å². The first kappa shape index (κ1) is 24.3. The maximum atomic E-state index is 6.24. The van der Waals surface area contributed by atoms with Crippen molar-refractivity contribution in [2.75, 3.05) is 4.90 Å². The van der Waals surface area contributed by atoms with E-state index in [1.165, 1.54) is 32.3 Å². The van der Waals surface area contributed by atoms with Crippen LogP contribution < -0.4 is 4.90 Å². The molecule has 0 fully saturated rings. The fraction of sp³-hybridized carbons (Fsp3) is 0. The van der Waals surface area contributed by atoms with Crippen molar-refractivity contribution < 1.29 is 8.83 Å². The van der Waals surface area contributed by atoms with Gasteiger partial charge in [0.25, 0.3) is 0 Å². The molecule has 4 aromatic heterocycles. The number of pyridine rings is 2. The first-order valence-electron chi connectivity index (χ1n) is 15.0. The highest BCUT2D eigenvalue weighted by molar-refractivity contribution is 6.21. The number of benzene rings is 6. The molecule has 0 saturated heterocycles. The van der Waals surface area contributed by atoms with Gasteiger partial charge in [0.2, 0.25) is 11.4 Å². The lowest BCUT2D eigenvalue weighted by Crippen LogP contribution is -2.11. The molecule has 0 amide bonds. The van der Waals surface area contributed by atoms with Crippen molar-refractivity contribution in [3.05, 3.63) is 140 Å². The number of para-hydroxylation sites is 2. The van der Waals surface area contributed by atoms with E-state index in [0.717, 1.165) is 49.8 Å². The summed E-state index contributed by atoms with van der Waals surface area (Å²) >= 11 is 0. The van der Waals surface area contributed by atoms with Crippen LogP contribution in [0.15, 0.2) is 149 Å². The second kappa shape index (κ2) is 9.15. The zero-order chi connectivity index (χ0) is 29.5. The minimum absolute atomic E-state index is 0.596. The van der Waals surface area contributed by atoms with Gasteiger partial charge in [-0.05, 0) is 68.7 Å². The Morgan fingerprint density at radius 1 is 0.444 bits per heavy atom. The van der Waals surface area contributed by atoms with Crippen LogP contribution in [0.2, 0.25) is 0 Å². The van der Waals surface area contributed by atoms with Gasteiger partial charge in [-0.25, -0.2) is 9.97 Å². The van der Waals surface area contributed by atoms with Gasteiger partial charge in [0, 0.05) is 22.7 Å². The highest BCUT2D eigenvalue weighted by atomic mass is 16.3. The van der Waals surface area contributed by atoms with Gasteiger partial charge in [0.15, 0.2) is 0 Å². The smallest absolute Gasteiger partial charge is 0.229 e. The van der Waals surface area contributed by atoms with Crippen LogP contribution in [-0.2, 0) is 0 Å². The topological polar surface area (TPSA) is 55.3 Å². The van der Waals surface area contributed by atoms with Crippen LogP contribution in [0.1, 0.15) is 0 Å². The summed E-state index contributed by atoms with van der Waals surface area (Å²) in [7, 11) is 0. The molecule has 10 rings (SSSR count). The monoisotopic (exact) mass is 577 g/mol. The summed E-state index contributed by atoms with van der Waals surface area (Å²) in [5.74, 6) is 0. The molecule has 0 radical (unpaired) electrons. The van der Waals surface area contributed by atoms with Crippen LogP contribution in [0.3, 0.4) is 0 Å². The Labute approximate surface area is 256 Å². The molecule has 45 heavy (non-hydrogen) atoms. The predicted octanol–water partition coefficient (Wildman–Crippen LogP) is 11.2. The summed E-state index contributed by atoms with van der Waals surface area (Å²) in [6.45, 7) is 0. The minimum atomic E-state index is 0.596. The normalized spacial score (nSPS) is 12.0. The van der Waals surface area contributed by atoms with Crippen LogP contribution in [0.25, 0.3) is 76.5 Å². The molecule has 6 aromatic carbocycles. The maximum Gasteiger partial charge on any atom is 0.229 e. The molecular formula is C40H23N3O2. The first-order chi connectivity index (χ1) is 22.3. The van der Waals surface area contributed by atoms with E-state index in [1.54, 1.807) is 0 Å². The lowest BCUT2D eigenvalue weighted by atomic mass is 9.96. The van der Waals surface area contributed by atoms with E-state index >= 15 is 0 Å². The number of furan rings is 2. The summed E-state index contributed by atoms with van der Waals surface area (Å²) in [5, 5.41) is 11.3. The third-order valence-electron chi connectivity index (χ3n) is 8.95. The van der Waals surface area contributed by atoms with Crippen LogP contribution in [0.5, 0.6) is 0 Å². The Kier molecular flexibility index (Phi) is 4.93. The maximum absolute atomic E-state index is 6.24. The zero-order valence-corrected chi connectivity index (χ0v) is 23.9. The molecular weight excluding hydrogens is 554 g/mol. The van der Waals surface area contributed by atoms with Crippen molar-refractivity contribution in [2.45, 2.75) is 0 Å². The van der Waals surface area contributed by atoms with Crippen molar-refractivity contribution in [1.82, 2.24) is 9.97 Å². The summed E-state index contributed by atoms with van der Waals surface area (Å²) in [5.41, 5.74) is 5.72. The van der Waals surface area contributed by atoms with Gasteiger partial charge >= 0.3 is 0 Å². The Morgan fingerprint density at radius 2 is 1.09 bits per heavy atom. The second-order valence-electron chi connectivity index (χ2n) is 11.4. The number of anilines is 3. The summed E-state index contributed by atoms with van der Waals surface area (Å²) in [6, 6.07) is 44.6. The molecule has 0 atom stereocenters. The number of hydrogen-bond donors (Lipinski definition) is 0. The largest absolute Gasteiger partial charge is 0.438 e. The number of nitrogens with zero attached hydrogens (tertiary/aromatic N) is 3.